The molecule has 0 amide bonds. The van der Waals surface area contributed by atoms with Crippen LogP contribution in [0.3, 0.4) is 0 Å². The van der Waals surface area contributed by atoms with Crippen LogP contribution in [0.25, 0.3) is 0 Å². The Morgan fingerprint density at radius 2 is 1.86 bits per heavy atom. The third kappa shape index (κ3) is 3.65. The van der Waals surface area contributed by atoms with Gasteiger partial charge >= 0.3 is 0 Å². The molecule has 0 radical (unpaired) electrons. The second kappa shape index (κ2) is 6.47. The van der Waals surface area contributed by atoms with E-state index >= 15 is 0 Å². The molecule has 0 saturated carbocycles. The van der Waals surface area contributed by atoms with Gasteiger partial charge in [-0.3, -0.25) is 0 Å². The molecule has 5 nitrogen and oxygen atoms in total. The van der Waals surface area contributed by atoms with Crippen LogP contribution in [0.2, 0.25) is 0 Å². The highest BCUT2D eigenvalue weighted by atomic mass is 19.1. The van der Waals surface area contributed by atoms with Gasteiger partial charge in [-0.2, -0.15) is 0 Å². The van der Waals surface area contributed by atoms with Crippen molar-refractivity contribution in [3.05, 3.63) is 42.1 Å². The Morgan fingerprint density at radius 1 is 1.10 bits per heavy atom. The van der Waals surface area contributed by atoms with Crippen LogP contribution < -0.4 is 10.2 Å². The first-order valence-electron chi connectivity index (χ1n) is 7.22. The van der Waals surface area contributed by atoms with E-state index in [2.05, 4.69) is 31.2 Å². The Hall–Kier alpha value is -2.24. The largest absolute Gasteiger partial charge is 0.357 e. The van der Waals surface area contributed by atoms with Crippen LogP contribution in [0, 0.1) is 5.82 Å². The lowest BCUT2D eigenvalue weighted by Crippen LogP contribution is -2.30. The monoisotopic (exact) mass is 287 g/mol. The van der Waals surface area contributed by atoms with Crippen LogP contribution in [0.1, 0.15) is 24.8 Å². The van der Waals surface area contributed by atoms with E-state index in [9.17, 15) is 4.39 Å². The number of piperidine rings is 1. The standard InChI is InChI=1S/C15H18FN5/c16-13-10-19-15(20-11-13)18-9-12-4-5-17-14(8-12)21-6-2-1-3-7-21/h4-5,8,10-11H,1-3,6-7,9H2,(H,18,19,20). The third-order valence-electron chi connectivity index (χ3n) is 3.56. The van der Waals surface area contributed by atoms with Crippen molar-refractivity contribution in [1.29, 1.82) is 0 Å². The molecule has 1 saturated heterocycles. The number of aromatic nitrogens is 3. The number of anilines is 2. The van der Waals surface area contributed by atoms with E-state index in [0.29, 0.717) is 12.5 Å². The predicted molar refractivity (Wildman–Crippen MR) is 79.6 cm³/mol. The number of rotatable bonds is 4. The van der Waals surface area contributed by atoms with Gasteiger partial charge in [0.05, 0.1) is 12.4 Å². The minimum Gasteiger partial charge on any atom is -0.357 e. The van der Waals surface area contributed by atoms with Crippen molar-refractivity contribution in [2.24, 2.45) is 0 Å². The van der Waals surface area contributed by atoms with E-state index in [0.717, 1.165) is 36.9 Å². The summed E-state index contributed by atoms with van der Waals surface area (Å²) in [4.78, 5) is 14.5. The third-order valence-corrected chi connectivity index (χ3v) is 3.56. The topological polar surface area (TPSA) is 53.9 Å². The number of hydrogen-bond acceptors (Lipinski definition) is 5. The summed E-state index contributed by atoms with van der Waals surface area (Å²) >= 11 is 0. The molecule has 0 atom stereocenters. The maximum absolute atomic E-state index is 12.7. The summed E-state index contributed by atoms with van der Waals surface area (Å²) < 4.78 is 12.7. The highest BCUT2D eigenvalue weighted by molar-refractivity contribution is 5.42. The van der Waals surface area contributed by atoms with E-state index in [1.807, 2.05) is 12.3 Å². The van der Waals surface area contributed by atoms with Crippen molar-refractivity contribution < 1.29 is 4.39 Å². The zero-order chi connectivity index (χ0) is 14.5. The first kappa shape index (κ1) is 13.7. The normalized spacial score (nSPS) is 15.0. The molecule has 2 aromatic rings. The van der Waals surface area contributed by atoms with Crippen LogP contribution in [-0.4, -0.2) is 28.0 Å². The minimum atomic E-state index is -0.433. The van der Waals surface area contributed by atoms with Crippen molar-refractivity contribution in [2.75, 3.05) is 23.3 Å². The molecule has 0 unspecified atom stereocenters. The van der Waals surface area contributed by atoms with E-state index in [1.54, 1.807) is 0 Å². The predicted octanol–water partition coefficient (Wildman–Crippen LogP) is 2.61. The second-order valence-electron chi connectivity index (χ2n) is 5.15. The molecule has 1 fully saturated rings. The lowest BCUT2D eigenvalue weighted by Gasteiger charge is -2.27. The Kier molecular flexibility index (Phi) is 4.23. The van der Waals surface area contributed by atoms with Gasteiger partial charge in [-0.05, 0) is 37.0 Å². The van der Waals surface area contributed by atoms with Crippen LogP contribution in [-0.2, 0) is 6.54 Å². The molecular weight excluding hydrogens is 269 g/mol. The molecule has 6 heteroatoms. The van der Waals surface area contributed by atoms with Gasteiger partial charge in [-0.1, -0.05) is 0 Å². The van der Waals surface area contributed by atoms with Gasteiger partial charge in [0.25, 0.3) is 0 Å². The Labute approximate surface area is 123 Å². The second-order valence-corrected chi connectivity index (χ2v) is 5.15. The highest BCUT2D eigenvalue weighted by Crippen LogP contribution is 2.18. The molecule has 3 rings (SSSR count). The summed E-state index contributed by atoms with van der Waals surface area (Å²) in [7, 11) is 0. The van der Waals surface area contributed by atoms with Gasteiger partial charge in [-0.25, -0.2) is 19.3 Å². The van der Waals surface area contributed by atoms with Gasteiger partial charge in [0.15, 0.2) is 5.82 Å². The maximum atomic E-state index is 12.7. The fourth-order valence-corrected chi connectivity index (χ4v) is 2.45. The summed E-state index contributed by atoms with van der Waals surface area (Å²) in [5.41, 5.74) is 1.11. The maximum Gasteiger partial charge on any atom is 0.223 e. The molecule has 2 aromatic heterocycles. The summed E-state index contributed by atoms with van der Waals surface area (Å²) in [5.74, 6) is 1.01. The van der Waals surface area contributed by atoms with Crippen LogP contribution in [0.4, 0.5) is 16.2 Å². The summed E-state index contributed by atoms with van der Waals surface area (Å²) in [6.45, 7) is 2.74. The van der Waals surface area contributed by atoms with E-state index in [-0.39, 0.29) is 0 Å². The van der Waals surface area contributed by atoms with Crippen LogP contribution in [0.15, 0.2) is 30.7 Å². The van der Waals surface area contributed by atoms with E-state index < -0.39 is 5.82 Å². The van der Waals surface area contributed by atoms with Gasteiger partial charge < -0.3 is 10.2 Å². The molecule has 1 N–H and O–H groups in total. The number of halogens is 1. The average Bonchev–Trinajstić information content (AvgIpc) is 2.55. The van der Waals surface area contributed by atoms with Crippen molar-refractivity contribution in [3.8, 4) is 0 Å². The summed E-state index contributed by atoms with van der Waals surface area (Å²) in [6.07, 6.45) is 7.90. The summed E-state index contributed by atoms with van der Waals surface area (Å²) in [6, 6.07) is 4.05. The first-order valence-corrected chi connectivity index (χ1v) is 7.22. The molecule has 3 heterocycles. The average molecular weight is 287 g/mol. The fraction of sp³-hybridized carbons (Fsp3) is 0.400. The van der Waals surface area contributed by atoms with Crippen LogP contribution >= 0.6 is 0 Å². The smallest absolute Gasteiger partial charge is 0.223 e. The number of hydrogen-bond donors (Lipinski definition) is 1. The molecule has 1 aliphatic rings. The Bertz CT molecular complexity index is 581. The number of nitrogens with zero attached hydrogens (tertiary/aromatic N) is 4. The van der Waals surface area contributed by atoms with Gasteiger partial charge in [0.2, 0.25) is 5.95 Å². The molecule has 21 heavy (non-hydrogen) atoms. The van der Waals surface area contributed by atoms with Crippen molar-refractivity contribution in [3.63, 3.8) is 0 Å². The zero-order valence-electron chi connectivity index (χ0n) is 11.8. The lowest BCUT2D eigenvalue weighted by atomic mass is 10.1. The fourth-order valence-electron chi connectivity index (χ4n) is 2.45. The van der Waals surface area contributed by atoms with E-state index in [4.69, 9.17) is 0 Å². The molecule has 0 spiro atoms. The molecular formula is C15H18FN5. The van der Waals surface area contributed by atoms with Gasteiger partial charge in [-0.15, -0.1) is 0 Å². The Balaban J connectivity index is 1.64. The van der Waals surface area contributed by atoms with Crippen molar-refractivity contribution in [1.82, 2.24) is 15.0 Å². The molecule has 0 aromatic carbocycles. The Morgan fingerprint density at radius 3 is 2.62 bits per heavy atom. The van der Waals surface area contributed by atoms with Crippen LogP contribution in [0.5, 0.6) is 0 Å². The van der Waals surface area contributed by atoms with Gasteiger partial charge in [0.1, 0.15) is 5.82 Å². The molecule has 1 aliphatic heterocycles. The number of pyridine rings is 1. The van der Waals surface area contributed by atoms with Crippen molar-refractivity contribution in [2.45, 2.75) is 25.8 Å². The first-order chi connectivity index (χ1) is 10.3. The highest BCUT2D eigenvalue weighted by Gasteiger charge is 2.12. The molecule has 110 valence electrons. The molecule has 0 bridgehead atoms. The SMILES string of the molecule is Fc1cnc(NCc2ccnc(N3CCCCC3)c2)nc1. The number of nitrogens with one attached hydrogen (secondary N) is 1. The van der Waals surface area contributed by atoms with E-state index in [1.165, 1.54) is 19.3 Å². The zero-order valence-corrected chi connectivity index (χ0v) is 11.8. The lowest BCUT2D eigenvalue weighted by molar-refractivity contribution is 0.573. The molecule has 0 aliphatic carbocycles. The minimum absolute atomic E-state index is 0.424. The van der Waals surface area contributed by atoms with Crippen molar-refractivity contribution >= 4 is 11.8 Å². The quantitative estimate of drug-likeness (QED) is 0.936. The van der Waals surface area contributed by atoms with Gasteiger partial charge in [0, 0.05) is 25.8 Å². The summed E-state index contributed by atoms with van der Waals surface area (Å²) in [5, 5.41) is 3.08.